The van der Waals surface area contributed by atoms with Crippen LogP contribution in [0.25, 0.3) is 22.2 Å². The first kappa shape index (κ1) is 17.2. The van der Waals surface area contributed by atoms with Gasteiger partial charge in [0.15, 0.2) is 5.65 Å². The van der Waals surface area contributed by atoms with Crippen LogP contribution in [0.5, 0.6) is 0 Å². The second-order valence-corrected chi connectivity index (χ2v) is 6.53. The van der Waals surface area contributed by atoms with Crippen molar-refractivity contribution in [3.8, 4) is 5.69 Å². The summed E-state index contributed by atoms with van der Waals surface area (Å²) in [7, 11) is 1.30. The average molecular weight is 383 g/mol. The van der Waals surface area contributed by atoms with Gasteiger partial charge in [-0.15, -0.1) is 0 Å². The molecule has 0 unspecified atom stereocenters. The van der Waals surface area contributed by atoms with Gasteiger partial charge in [-0.1, -0.05) is 17.7 Å². The number of nitrogens with zero attached hydrogens (tertiary/aromatic N) is 4. The number of carbonyl (C=O) groups excluding carboxylic acids is 1. The SMILES string of the molecule is COC(=O)c1c(C)nn2c1ncc1c(=O)n(-c3cccc(Cl)c3C)ccc12. The van der Waals surface area contributed by atoms with Gasteiger partial charge in [0.25, 0.3) is 5.56 Å². The lowest BCUT2D eigenvalue weighted by Gasteiger charge is -2.11. The minimum atomic E-state index is -0.516. The Morgan fingerprint density at radius 2 is 2.00 bits per heavy atom. The molecule has 0 aliphatic heterocycles. The summed E-state index contributed by atoms with van der Waals surface area (Å²) >= 11 is 6.19. The van der Waals surface area contributed by atoms with Crippen molar-refractivity contribution in [2.75, 3.05) is 7.11 Å². The second kappa shape index (κ2) is 6.21. The van der Waals surface area contributed by atoms with Crippen LogP contribution in [0, 0.1) is 13.8 Å². The van der Waals surface area contributed by atoms with Crippen LogP contribution in [0.2, 0.25) is 5.02 Å². The molecule has 3 heterocycles. The molecule has 0 fully saturated rings. The molecule has 3 aromatic heterocycles. The second-order valence-electron chi connectivity index (χ2n) is 6.12. The van der Waals surface area contributed by atoms with Gasteiger partial charge in [0.2, 0.25) is 0 Å². The molecule has 1 aromatic carbocycles. The highest BCUT2D eigenvalue weighted by Gasteiger charge is 2.21. The van der Waals surface area contributed by atoms with E-state index >= 15 is 0 Å². The van der Waals surface area contributed by atoms with E-state index in [1.807, 2.05) is 13.0 Å². The van der Waals surface area contributed by atoms with Crippen LogP contribution >= 0.6 is 11.6 Å². The molecule has 0 spiro atoms. The first-order chi connectivity index (χ1) is 12.9. The van der Waals surface area contributed by atoms with Gasteiger partial charge in [-0.3, -0.25) is 9.36 Å². The highest BCUT2D eigenvalue weighted by atomic mass is 35.5. The fraction of sp³-hybridized carbons (Fsp3) is 0.158. The Balaban J connectivity index is 2.03. The number of fused-ring (bicyclic) bond motifs is 3. The molecule has 4 aromatic rings. The molecule has 4 rings (SSSR count). The molecule has 0 aliphatic carbocycles. The van der Waals surface area contributed by atoms with Crippen molar-refractivity contribution >= 4 is 34.1 Å². The summed E-state index contributed by atoms with van der Waals surface area (Å²) in [5.74, 6) is -0.516. The third-order valence-electron chi connectivity index (χ3n) is 4.57. The van der Waals surface area contributed by atoms with Crippen LogP contribution in [-0.2, 0) is 4.74 Å². The quantitative estimate of drug-likeness (QED) is 0.498. The van der Waals surface area contributed by atoms with Gasteiger partial charge in [-0.05, 0) is 37.6 Å². The van der Waals surface area contributed by atoms with E-state index in [-0.39, 0.29) is 11.1 Å². The summed E-state index contributed by atoms with van der Waals surface area (Å²) < 4.78 is 7.83. The number of aryl methyl sites for hydroxylation is 1. The maximum Gasteiger partial charge on any atom is 0.343 e. The minimum Gasteiger partial charge on any atom is -0.465 e. The zero-order chi connectivity index (χ0) is 19.3. The molecule has 0 amide bonds. The van der Waals surface area contributed by atoms with Crippen molar-refractivity contribution in [3.63, 3.8) is 0 Å². The summed E-state index contributed by atoms with van der Waals surface area (Å²) in [4.78, 5) is 29.4. The van der Waals surface area contributed by atoms with Crippen molar-refractivity contribution in [2.45, 2.75) is 13.8 Å². The van der Waals surface area contributed by atoms with Gasteiger partial charge in [-0.2, -0.15) is 5.10 Å². The topological polar surface area (TPSA) is 78.5 Å². The van der Waals surface area contributed by atoms with Gasteiger partial charge >= 0.3 is 5.97 Å². The Labute approximate surface area is 158 Å². The third kappa shape index (κ3) is 2.50. The van der Waals surface area contributed by atoms with E-state index in [1.165, 1.54) is 22.4 Å². The predicted molar refractivity (Wildman–Crippen MR) is 102 cm³/mol. The molecular formula is C19H15ClN4O3. The fourth-order valence-electron chi connectivity index (χ4n) is 3.16. The maximum absolute atomic E-state index is 13.1. The lowest BCUT2D eigenvalue weighted by molar-refractivity contribution is 0.0602. The summed E-state index contributed by atoms with van der Waals surface area (Å²) in [6, 6.07) is 7.16. The molecule has 0 atom stereocenters. The number of benzene rings is 1. The average Bonchev–Trinajstić information content (AvgIpc) is 3.00. The van der Waals surface area contributed by atoms with E-state index in [0.717, 1.165) is 5.56 Å². The van der Waals surface area contributed by atoms with E-state index in [9.17, 15) is 9.59 Å². The van der Waals surface area contributed by atoms with Gasteiger partial charge in [-0.25, -0.2) is 14.3 Å². The molecule has 0 saturated carbocycles. The lowest BCUT2D eigenvalue weighted by Crippen LogP contribution is -2.19. The first-order valence-electron chi connectivity index (χ1n) is 8.17. The van der Waals surface area contributed by atoms with Crippen LogP contribution in [0.15, 0.2) is 41.5 Å². The van der Waals surface area contributed by atoms with E-state index in [0.29, 0.717) is 33.0 Å². The predicted octanol–water partition coefficient (Wildman–Crippen LogP) is 3.09. The molecule has 136 valence electrons. The molecule has 0 N–H and O–H groups in total. The Morgan fingerprint density at radius 3 is 2.74 bits per heavy atom. The van der Waals surface area contributed by atoms with Gasteiger partial charge in [0.1, 0.15) is 5.56 Å². The Bertz CT molecular complexity index is 1290. The lowest BCUT2D eigenvalue weighted by atomic mass is 10.2. The number of esters is 1. The number of pyridine rings is 1. The van der Waals surface area contributed by atoms with E-state index < -0.39 is 5.97 Å². The van der Waals surface area contributed by atoms with Crippen LogP contribution in [-0.4, -0.2) is 32.2 Å². The zero-order valence-corrected chi connectivity index (χ0v) is 15.6. The van der Waals surface area contributed by atoms with Crippen LogP contribution < -0.4 is 5.56 Å². The molecule has 0 bridgehead atoms. The zero-order valence-electron chi connectivity index (χ0n) is 14.9. The van der Waals surface area contributed by atoms with Crippen molar-refractivity contribution < 1.29 is 9.53 Å². The number of methoxy groups -OCH3 is 1. The van der Waals surface area contributed by atoms with Crippen molar-refractivity contribution in [1.29, 1.82) is 0 Å². The monoisotopic (exact) mass is 382 g/mol. The molecule has 0 aliphatic rings. The third-order valence-corrected chi connectivity index (χ3v) is 4.98. The van der Waals surface area contributed by atoms with Gasteiger partial charge in [0.05, 0.1) is 29.4 Å². The van der Waals surface area contributed by atoms with E-state index in [2.05, 4.69) is 10.1 Å². The normalized spacial score (nSPS) is 11.3. The number of ether oxygens (including phenoxy) is 1. The number of hydrogen-bond donors (Lipinski definition) is 0. The van der Waals surface area contributed by atoms with E-state index in [4.69, 9.17) is 16.3 Å². The Hall–Kier alpha value is -3.19. The molecule has 8 heteroatoms. The summed E-state index contributed by atoms with van der Waals surface area (Å²) in [6.45, 7) is 3.55. The minimum absolute atomic E-state index is 0.250. The number of hydrogen-bond acceptors (Lipinski definition) is 5. The smallest absolute Gasteiger partial charge is 0.343 e. The summed E-state index contributed by atoms with van der Waals surface area (Å²) in [5, 5.41) is 5.33. The van der Waals surface area contributed by atoms with E-state index in [1.54, 1.807) is 31.3 Å². The Morgan fingerprint density at radius 1 is 1.22 bits per heavy atom. The van der Waals surface area contributed by atoms with Crippen LogP contribution in [0.1, 0.15) is 21.6 Å². The van der Waals surface area contributed by atoms with Gasteiger partial charge < -0.3 is 4.74 Å². The highest BCUT2D eigenvalue weighted by molar-refractivity contribution is 6.31. The van der Waals surface area contributed by atoms with Crippen LogP contribution in [0.3, 0.4) is 0 Å². The molecule has 0 radical (unpaired) electrons. The van der Waals surface area contributed by atoms with Crippen molar-refractivity contribution in [1.82, 2.24) is 19.2 Å². The summed E-state index contributed by atoms with van der Waals surface area (Å²) in [6.07, 6.45) is 3.12. The molecular weight excluding hydrogens is 368 g/mol. The molecule has 0 saturated heterocycles. The number of carbonyl (C=O) groups is 1. The standard InChI is InChI=1S/C19H15ClN4O3/c1-10-13(20)5-4-6-14(10)23-8-7-15-12(18(23)25)9-21-17-16(19(26)27-3)11(2)22-24(15)17/h4-9H,1-3H3. The maximum atomic E-state index is 13.1. The van der Waals surface area contributed by atoms with Crippen molar-refractivity contribution in [3.05, 3.63) is 68.9 Å². The number of rotatable bonds is 2. The highest BCUT2D eigenvalue weighted by Crippen LogP contribution is 2.23. The Kier molecular flexibility index (Phi) is 3.96. The van der Waals surface area contributed by atoms with Crippen molar-refractivity contribution in [2.24, 2.45) is 0 Å². The van der Waals surface area contributed by atoms with Crippen LogP contribution in [0.4, 0.5) is 0 Å². The number of aromatic nitrogens is 4. The number of halogens is 1. The first-order valence-corrected chi connectivity index (χ1v) is 8.55. The molecule has 27 heavy (non-hydrogen) atoms. The van der Waals surface area contributed by atoms with Gasteiger partial charge in [0, 0.05) is 17.4 Å². The molecule has 7 nitrogen and oxygen atoms in total. The fourth-order valence-corrected chi connectivity index (χ4v) is 3.33. The summed E-state index contributed by atoms with van der Waals surface area (Å²) in [5.41, 5.74) is 2.92. The largest absolute Gasteiger partial charge is 0.465 e.